The molecule has 24 heavy (non-hydrogen) atoms. The molecule has 128 valence electrons. The van der Waals surface area contributed by atoms with Crippen LogP contribution in [-0.4, -0.2) is 41.7 Å². The Bertz CT molecular complexity index is 644. The summed E-state index contributed by atoms with van der Waals surface area (Å²) in [5.74, 6) is -0.0689. The van der Waals surface area contributed by atoms with E-state index in [0.717, 1.165) is 18.1 Å². The molecule has 0 aliphatic heterocycles. The number of nitrogens with one attached hydrogen (secondary N) is 1. The minimum Gasteiger partial charge on any atom is -0.350 e. The molecule has 0 aliphatic rings. The van der Waals surface area contributed by atoms with E-state index in [2.05, 4.69) is 41.2 Å². The zero-order valence-electron chi connectivity index (χ0n) is 14.5. The summed E-state index contributed by atoms with van der Waals surface area (Å²) in [5.41, 5.74) is 1.86. The topological polar surface area (TPSA) is 45.2 Å². The maximum Gasteiger partial charge on any atom is 0.254 e. The van der Waals surface area contributed by atoms with E-state index in [9.17, 15) is 4.79 Å². The minimum atomic E-state index is -0.0689. The number of aromatic nitrogens is 1. The van der Waals surface area contributed by atoms with Crippen LogP contribution in [0.2, 0.25) is 0 Å². The largest absolute Gasteiger partial charge is 0.350 e. The smallest absolute Gasteiger partial charge is 0.254 e. The molecule has 0 fully saturated rings. The zero-order valence-corrected chi connectivity index (χ0v) is 15.3. The average Bonchev–Trinajstić information content (AvgIpc) is 2.65. The quantitative estimate of drug-likeness (QED) is 0.744. The molecular weight excluding hydrogens is 318 g/mol. The number of hydrogen-bond acceptors (Lipinski definition) is 4. The summed E-state index contributed by atoms with van der Waals surface area (Å²) in [6.45, 7) is 6.75. The highest BCUT2D eigenvalue weighted by atomic mass is 32.2. The van der Waals surface area contributed by atoms with E-state index in [4.69, 9.17) is 0 Å². The van der Waals surface area contributed by atoms with Crippen LogP contribution in [0.5, 0.6) is 0 Å². The van der Waals surface area contributed by atoms with Gasteiger partial charge in [0.05, 0.1) is 11.6 Å². The summed E-state index contributed by atoms with van der Waals surface area (Å²) < 4.78 is 0. The molecular formula is C19H25N3OS. The van der Waals surface area contributed by atoms with Crippen molar-refractivity contribution < 1.29 is 4.79 Å². The van der Waals surface area contributed by atoms with Crippen molar-refractivity contribution in [3.8, 4) is 0 Å². The van der Waals surface area contributed by atoms with Crippen LogP contribution in [0.3, 0.4) is 0 Å². The first-order chi connectivity index (χ1) is 11.7. The number of pyridine rings is 1. The highest BCUT2D eigenvalue weighted by molar-refractivity contribution is 7.98. The molecule has 1 unspecified atom stereocenters. The number of thioether (sulfide) groups is 1. The minimum absolute atomic E-state index is 0.0689. The third kappa shape index (κ3) is 4.58. The van der Waals surface area contributed by atoms with E-state index in [1.165, 1.54) is 17.3 Å². The van der Waals surface area contributed by atoms with Gasteiger partial charge < -0.3 is 5.32 Å². The highest BCUT2D eigenvalue weighted by Crippen LogP contribution is 2.21. The summed E-state index contributed by atoms with van der Waals surface area (Å²) in [6.07, 6.45) is 3.65. The van der Waals surface area contributed by atoms with Gasteiger partial charge in [-0.1, -0.05) is 44.2 Å². The molecule has 0 saturated carbocycles. The van der Waals surface area contributed by atoms with E-state index in [1.807, 2.05) is 30.5 Å². The lowest BCUT2D eigenvalue weighted by molar-refractivity contribution is 0.0931. The fourth-order valence-electron chi connectivity index (χ4n) is 2.81. The Kier molecular flexibility index (Phi) is 7.28. The first kappa shape index (κ1) is 18.5. The van der Waals surface area contributed by atoms with Crippen molar-refractivity contribution in [3.05, 3.63) is 59.8 Å². The van der Waals surface area contributed by atoms with Gasteiger partial charge in [0.2, 0.25) is 0 Å². The van der Waals surface area contributed by atoms with Crippen LogP contribution in [0.25, 0.3) is 0 Å². The van der Waals surface area contributed by atoms with Crippen molar-refractivity contribution in [2.24, 2.45) is 0 Å². The summed E-state index contributed by atoms with van der Waals surface area (Å²) in [4.78, 5) is 19.2. The van der Waals surface area contributed by atoms with Gasteiger partial charge in [0.1, 0.15) is 5.03 Å². The molecule has 1 amide bonds. The predicted molar refractivity (Wildman–Crippen MR) is 100 cm³/mol. The first-order valence-corrected chi connectivity index (χ1v) is 9.49. The van der Waals surface area contributed by atoms with Gasteiger partial charge in [-0.15, -0.1) is 11.8 Å². The summed E-state index contributed by atoms with van der Waals surface area (Å²) in [6, 6.07) is 14.1. The van der Waals surface area contributed by atoms with E-state index >= 15 is 0 Å². The van der Waals surface area contributed by atoms with Crippen molar-refractivity contribution in [1.29, 1.82) is 0 Å². The molecule has 0 bridgehead atoms. The molecule has 0 spiro atoms. The van der Waals surface area contributed by atoms with Crippen LogP contribution in [0, 0.1) is 0 Å². The van der Waals surface area contributed by atoms with Crippen LogP contribution in [-0.2, 0) is 0 Å². The van der Waals surface area contributed by atoms with E-state index < -0.39 is 0 Å². The number of carbonyl (C=O) groups excluding carboxylic acids is 1. The highest BCUT2D eigenvalue weighted by Gasteiger charge is 2.20. The Labute approximate surface area is 148 Å². The number of likely N-dealkylation sites (N-methyl/N-ethyl adjacent to an activating group) is 1. The Balaban J connectivity index is 2.14. The predicted octanol–water partition coefficient (Wildman–Crippen LogP) is 3.62. The summed E-state index contributed by atoms with van der Waals surface area (Å²) in [7, 11) is 0. The number of rotatable bonds is 8. The van der Waals surface area contributed by atoms with Crippen LogP contribution < -0.4 is 5.32 Å². The Hall–Kier alpha value is -1.85. The number of benzene rings is 1. The fraction of sp³-hybridized carbons (Fsp3) is 0.368. The second kappa shape index (κ2) is 9.45. The molecule has 0 aliphatic carbocycles. The van der Waals surface area contributed by atoms with Gasteiger partial charge in [0.25, 0.3) is 5.91 Å². The molecule has 2 rings (SSSR count). The SMILES string of the molecule is CCN(CC)C(CNC(=O)c1cccnc1SC)c1ccccc1. The van der Waals surface area contributed by atoms with Gasteiger partial charge in [-0.25, -0.2) is 4.98 Å². The molecule has 0 radical (unpaired) electrons. The van der Waals surface area contributed by atoms with Crippen LogP contribution in [0.1, 0.15) is 35.8 Å². The number of nitrogens with zero attached hydrogens (tertiary/aromatic N) is 2. The lowest BCUT2D eigenvalue weighted by atomic mass is 10.0. The standard InChI is InChI=1S/C19H25N3OS/c1-4-22(5-2)17(15-10-7-6-8-11-15)14-21-18(23)16-12-9-13-20-19(16)24-3/h6-13,17H,4-5,14H2,1-3H3,(H,21,23). The molecule has 2 aromatic rings. The van der Waals surface area contributed by atoms with Gasteiger partial charge in [-0.05, 0) is 37.0 Å². The molecule has 1 aromatic carbocycles. The molecule has 4 nitrogen and oxygen atoms in total. The van der Waals surface area contributed by atoms with Crippen LogP contribution in [0.15, 0.2) is 53.7 Å². The lowest BCUT2D eigenvalue weighted by Gasteiger charge is -2.30. The van der Waals surface area contributed by atoms with Gasteiger partial charge in [-0.2, -0.15) is 0 Å². The van der Waals surface area contributed by atoms with Crippen molar-refractivity contribution in [2.75, 3.05) is 25.9 Å². The van der Waals surface area contributed by atoms with Gasteiger partial charge >= 0.3 is 0 Å². The average molecular weight is 343 g/mol. The van der Waals surface area contributed by atoms with E-state index in [0.29, 0.717) is 12.1 Å². The molecule has 1 atom stereocenters. The van der Waals surface area contributed by atoms with Crippen LogP contribution >= 0.6 is 11.8 Å². The van der Waals surface area contributed by atoms with Crippen LogP contribution in [0.4, 0.5) is 0 Å². The van der Waals surface area contributed by atoms with Crippen molar-refractivity contribution >= 4 is 17.7 Å². The van der Waals surface area contributed by atoms with E-state index in [1.54, 1.807) is 12.3 Å². The monoisotopic (exact) mass is 343 g/mol. The van der Waals surface area contributed by atoms with Gasteiger partial charge in [0, 0.05) is 12.7 Å². The molecule has 5 heteroatoms. The molecule has 0 saturated heterocycles. The molecule has 1 aromatic heterocycles. The normalized spacial score (nSPS) is 12.2. The lowest BCUT2D eigenvalue weighted by Crippen LogP contribution is -2.38. The molecule has 1 N–H and O–H groups in total. The molecule has 1 heterocycles. The maximum absolute atomic E-state index is 12.6. The Morgan fingerprint density at radius 2 is 1.88 bits per heavy atom. The van der Waals surface area contributed by atoms with Crippen molar-refractivity contribution in [1.82, 2.24) is 15.2 Å². The first-order valence-electron chi connectivity index (χ1n) is 8.27. The third-order valence-electron chi connectivity index (χ3n) is 4.10. The zero-order chi connectivity index (χ0) is 17.4. The van der Waals surface area contributed by atoms with Gasteiger partial charge in [-0.3, -0.25) is 9.69 Å². The second-order valence-electron chi connectivity index (χ2n) is 5.42. The number of hydrogen-bond donors (Lipinski definition) is 1. The fourth-order valence-corrected chi connectivity index (χ4v) is 3.36. The van der Waals surface area contributed by atoms with E-state index in [-0.39, 0.29) is 11.9 Å². The Morgan fingerprint density at radius 1 is 1.17 bits per heavy atom. The summed E-state index contributed by atoms with van der Waals surface area (Å²) >= 11 is 1.49. The number of amides is 1. The van der Waals surface area contributed by atoms with Gasteiger partial charge in [0.15, 0.2) is 0 Å². The third-order valence-corrected chi connectivity index (χ3v) is 4.81. The maximum atomic E-state index is 12.6. The number of carbonyl (C=O) groups is 1. The van der Waals surface area contributed by atoms with Crippen molar-refractivity contribution in [2.45, 2.75) is 24.9 Å². The van der Waals surface area contributed by atoms with Crippen molar-refractivity contribution in [3.63, 3.8) is 0 Å². The summed E-state index contributed by atoms with van der Waals surface area (Å²) in [5, 5.41) is 3.85. The second-order valence-corrected chi connectivity index (χ2v) is 6.21. The Morgan fingerprint density at radius 3 is 2.50 bits per heavy atom.